The third-order valence-corrected chi connectivity index (χ3v) is 4.93. The SMILES string of the molecule is Cl.NC(=NCc1ccc(C(=O)N2CCCCC2)cc1)N=C(N)N1CCCC1. The molecule has 2 heterocycles. The summed E-state index contributed by atoms with van der Waals surface area (Å²) in [5.41, 5.74) is 13.5. The maximum atomic E-state index is 12.5. The van der Waals surface area contributed by atoms with Crippen LogP contribution in [0.25, 0.3) is 0 Å². The van der Waals surface area contributed by atoms with Crippen molar-refractivity contribution in [3.05, 3.63) is 35.4 Å². The van der Waals surface area contributed by atoms with E-state index in [1.54, 1.807) is 0 Å². The molecule has 2 saturated heterocycles. The number of halogens is 1. The molecule has 2 aliphatic heterocycles. The Balaban J connectivity index is 0.00000261. The predicted octanol–water partition coefficient (Wildman–Crippen LogP) is 1.96. The molecule has 4 N–H and O–H groups in total. The third-order valence-electron chi connectivity index (χ3n) is 4.93. The Morgan fingerprint density at radius 1 is 0.889 bits per heavy atom. The minimum Gasteiger partial charge on any atom is -0.369 e. The number of aliphatic imine (C=N–C) groups is 2. The molecule has 0 aromatic heterocycles. The van der Waals surface area contributed by atoms with Gasteiger partial charge in [-0.05, 0) is 49.8 Å². The van der Waals surface area contributed by atoms with Crippen molar-refractivity contribution < 1.29 is 4.79 Å². The number of likely N-dealkylation sites (tertiary alicyclic amines) is 2. The topological polar surface area (TPSA) is 100 Å². The van der Waals surface area contributed by atoms with Gasteiger partial charge in [-0.3, -0.25) is 4.79 Å². The van der Waals surface area contributed by atoms with E-state index in [9.17, 15) is 4.79 Å². The van der Waals surface area contributed by atoms with Crippen LogP contribution in [0.15, 0.2) is 34.3 Å². The summed E-state index contributed by atoms with van der Waals surface area (Å²) in [5, 5.41) is 0. The van der Waals surface area contributed by atoms with E-state index in [0.717, 1.165) is 63.0 Å². The van der Waals surface area contributed by atoms with Gasteiger partial charge in [0.25, 0.3) is 5.91 Å². The lowest BCUT2D eigenvalue weighted by Crippen LogP contribution is -2.36. The fraction of sp³-hybridized carbons (Fsp3) is 0.526. The number of hydrogen-bond acceptors (Lipinski definition) is 2. The summed E-state index contributed by atoms with van der Waals surface area (Å²) in [6, 6.07) is 7.56. The Morgan fingerprint density at radius 2 is 1.44 bits per heavy atom. The Labute approximate surface area is 166 Å². The lowest BCUT2D eigenvalue weighted by atomic mass is 10.1. The zero-order valence-electron chi connectivity index (χ0n) is 15.6. The van der Waals surface area contributed by atoms with Crippen LogP contribution in [0.5, 0.6) is 0 Å². The second kappa shape index (κ2) is 10.2. The van der Waals surface area contributed by atoms with Gasteiger partial charge in [-0.2, -0.15) is 4.99 Å². The molecule has 1 aromatic carbocycles. The lowest BCUT2D eigenvalue weighted by Gasteiger charge is -2.26. The molecule has 0 saturated carbocycles. The quantitative estimate of drug-likeness (QED) is 0.606. The van der Waals surface area contributed by atoms with Crippen LogP contribution in [-0.2, 0) is 6.54 Å². The van der Waals surface area contributed by atoms with Crippen LogP contribution >= 0.6 is 12.4 Å². The van der Waals surface area contributed by atoms with E-state index in [4.69, 9.17) is 11.5 Å². The van der Waals surface area contributed by atoms with Crippen LogP contribution in [-0.4, -0.2) is 53.8 Å². The minimum absolute atomic E-state index is 0. The van der Waals surface area contributed by atoms with Gasteiger partial charge in [0.1, 0.15) is 0 Å². The summed E-state index contributed by atoms with van der Waals surface area (Å²) in [6.45, 7) is 3.99. The second-order valence-corrected chi connectivity index (χ2v) is 6.89. The van der Waals surface area contributed by atoms with Crippen molar-refractivity contribution in [1.29, 1.82) is 0 Å². The molecule has 7 nitrogen and oxygen atoms in total. The Hall–Kier alpha value is -2.28. The number of benzene rings is 1. The second-order valence-electron chi connectivity index (χ2n) is 6.89. The average molecular weight is 393 g/mol. The summed E-state index contributed by atoms with van der Waals surface area (Å²) in [5.74, 6) is 0.733. The summed E-state index contributed by atoms with van der Waals surface area (Å²) in [4.78, 5) is 24.9. The van der Waals surface area contributed by atoms with Gasteiger partial charge in [-0.1, -0.05) is 12.1 Å². The van der Waals surface area contributed by atoms with E-state index in [1.807, 2.05) is 34.1 Å². The first-order valence-corrected chi connectivity index (χ1v) is 9.41. The van der Waals surface area contributed by atoms with Crippen molar-refractivity contribution >= 4 is 30.2 Å². The van der Waals surface area contributed by atoms with Crippen LogP contribution in [0.2, 0.25) is 0 Å². The Kier molecular flexibility index (Phi) is 7.91. The first kappa shape index (κ1) is 21.0. The van der Waals surface area contributed by atoms with Crippen molar-refractivity contribution in [1.82, 2.24) is 9.80 Å². The van der Waals surface area contributed by atoms with Crippen molar-refractivity contribution in [2.45, 2.75) is 38.6 Å². The fourth-order valence-corrected chi connectivity index (χ4v) is 3.37. The van der Waals surface area contributed by atoms with Crippen LogP contribution in [0.4, 0.5) is 0 Å². The molecule has 0 unspecified atom stereocenters. The largest absolute Gasteiger partial charge is 0.369 e. The molecule has 1 amide bonds. The number of carbonyl (C=O) groups excluding carboxylic acids is 1. The molecule has 0 radical (unpaired) electrons. The predicted molar refractivity (Wildman–Crippen MR) is 111 cm³/mol. The molecule has 2 fully saturated rings. The Morgan fingerprint density at radius 3 is 2.07 bits per heavy atom. The number of rotatable bonds is 3. The highest BCUT2D eigenvalue weighted by molar-refractivity contribution is 5.94. The van der Waals surface area contributed by atoms with Gasteiger partial charge in [-0.15, -0.1) is 12.4 Å². The summed E-state index contributed by atoms with van der Waals surface area (Å²) in [6.07, 6.45) is 5.68. The molecule has 1 aromatic rings. The van der Waals surface area contributed by atoms with Crippen LogP contribution in [0.3, 0.4) is 0 Å². The van der Waals surface area contributed by atoms with Gasteiger partial charge in [0.05, 0.1) is 6.54 Å². The van der Waals surface area contributed by atoms with Gasteiger partial charge in [0.2, 0.25) is 5.96 Å². The molecule has 27 heavy (non-hydrogen) atoms. The van der Waals surface area contributed by atoms with E-state index in [-0.39, 0.29) is 24.3 Å². The van der Waals surface area contributed by atoms with Crippen molar-refractivity contribution in [2.24, 2.45) is 21.5 Å². The van der Waals surface area contributed by atoms with E-state index in [1.165, 1.54) is 6.42 Å². The van der Waals surface area contributed by atoms with E-state index >= 15 is 0 Å². The summed E-state index contributed by atoms with van der Waals surface area (Å²) in [7, 11) is 0. The molecule has 0 atom stereocenters. The third kappa shape index (κ3) is 5.85. The summed E-state index contributed by atoms with van der Waals surface area (Å²) < 4.78 is 0. The molecule has 148 valence electrons. The molecular weight excluding hydrogens is 364 g/mol. The Bertz CT molecular complexity index is 676. The monoisotopic (exact) mass is 392 g/mol. The lowest BCUT2D eigenvalue weighted by molar-refractivity contribution is 0.0724. The highest BCUT2D eigenvalue weighted by Gasteiger charge is 2.17. The standard InChI is InChI=1S/C19H28N6O.ClH/c20-18(23-19(21)25-12-4-5-13-25)22-14-15-6-8-16(9-7-15)17(26)24-10-2-1-3-11-24;/h6-9H,1-5,10-14H2,(H4,20,21,22,23);1H. The smallest absolute Gasteiger partial charge is 0.253 e. The molecule has 0 bridgehead atoms. The number of piperidine rings is 1. The van der Waals surface area contributed by atoms with Gasteiger partial charge >= 0.3 is 0 Å². The zero-order valence-corrected chi connectivity index (χ0v) is 16.5. The van der Waals surface area contributed by atoms with Gasteiger partial charge in [0, 0.05) is 31.7 Å². The molecule has 2 aliphatic rings. The normalized spacial score (nSPS) is 18.4. The highest BCUT2D eigenvalue weighted by atomic mass is 35.5. The molecular formula is C19H29ClN6O. The van der Waals surface area contributed by atoms with Crippen molar-refractivity contribution in [3.8, 4) is 0 Å². The first-order valence-electron chi connectivity index (χ1n) is 9.41. The van der Waals surface area contributed by atoms with Crippen LogP contribution in [0.1, 0.15) is 48.0 Å². The molecule has 8 heteroatoms. The van der Waals surface area contributed by atoms with E-state index in [2.05, 4.69) is 9.98 Å². The van der Waals surface area contributed by atoms with Crippen molar-refractivity contribution in [3.63, 3.8) is 0 Å². The number of nitrogens with two attached hydrogens (primary N) is 2. The van der Waals surface area contributed by atoms with E-state index in [0.29, 0.717) is 12.5 Å². The summed E-state index contributed by atoms with van der Waals surface area (Å²) >= 11 is 0. The maximum absolute atomic E-state index is 12.5. The molecule has 3 rings (SSSR count). The van der Waals surface area contributed by atoms with Crippen molar-refractivity contribution in [2.75, 3.05) is 26.2 Å². The first-order chi connectivity index (χ1) is 12.6. The van der Waals surface area contributed by atoms with Gasteiger partial charge in [0.15, 0.2) is 5.96 Å². The van der Waals surface area contributed by atoms with Crippen LogP contribution in [0, 0.1) is 0 Å². The maximum Gasteiger partial charge on any atom is 0.253 e. The fourth-order valence-electron chi connectivity index (χ4n) is 3.37. The number of guanidine groups is 2. The van der Waals surface area contributed by atoms with Crippen LogP contribution < -0.4 is 11.5 Å². The van der Waals surface area contributed by atoms with Gasteiger partial charge < -0.3 is 21.3 Å². The molecule has 0 spiro atoms. The van der Waals surface area contributed by atoms with E-state index < -0.39 is 0 Å². The average Bonchev–Trinajstić information content (AvgIpc) is 3.22. The highest BCUT2D eigenvalue weighted by Crippen LogP contribution is 2.14. The van der Waals surface area contributed by atoms with Gasteiger partial charge in [-0.25, -0.2) is 4.99 Å². The number of hydrogen-bond donors (Lipinski definition) is 2. The number of carbonyl (C=O) groups is 1. The molecule has 0 aliphatic carbocycles. The number of nitrogens with zero attached hydrogens (tertiary/aromatic N) is 4. The minimum atomic E-state index is 0. The number of amides is 1. The zero-order chi connectivity index (χ0) is 18.4.